The topological polar surface area (TPSA) is 103 Å². The smallest absolute Gasteiger partial charge is 0.410 e. The number of nitrogens with zero attached hydrogens (tertiary/aromatic N) is 2. The maximum atomic E-state index is 12.2. The van der Waals surface area contributed by atoms with Gasteiger partial charge in [-0.05, 0) is 93.1 Å². The number of hydrogen-bond donors (Lipinski definition) is 2. The molecule has 3 rings (SSSR count). The van der Waals surface area contributed by atoms with Crippen molar-refractivity contribution in [2.24, 2.45) is 5.92 Å². The van der Waals surface area contributed by atoms with Crippen LogP contribution in [0.2, 0.25) is 0 Å². The minimum absolute atomic E-state index is 0.220. The Morgan fingerprint density at radius 1 is 1.15 bits per heavy atom. The molecule has 1 aliphatic heterocycles. The summed E-state index contributed by atoms with van der Waals surface area (Å²) in [6, 6.07) is 14.5. The van der Waals surface area contributed by atoms with Gasteiger partial charge >= 0.3 is 12.1 Å². The van der Waals surface area contributed by atoms with Crippen LogP contribution >= 0.6 is 0 Å². The highest BCUT2D eigenvalue weighted by Gasteiger charge is 2.26. The molecule has 0 spiro atoms. The number of nitrogens with one attached hydrogen (secondary N) is 1. The van der Waals surface area contributed by atoms with Gasteiger partial charge in [0.2, 0.25) is 0 Å². The van der Waals surface area contributed by atoms with Crippen LogP contribution < -0.4 is 5.32 Å². The maximum absolute atomic E-state index is 12.2. The zero-order chi connectivity index (χ0) is 24.0. The second-order valence-electron chi connectivity index (χ2n) is 9.46. The van der Waals surface area contributed by atoms with Crippen molar-refractivity contribution in [3.8, 4) is 17.2 Å². The first-order valence-corrected chi connectivity index (χ1v) is 11.2. The van der Waals surface area contributed by atoms with E-state index in [1.807, 2.05) is 32.9 Å². The Balaban J connectivity index is 1.58. The Bertz CT molecular complexity index is 1040. The average Bonchev–Trinajstić information content (AvgIpc) is 2.78. The number of rotatable bonds is 6. The van der Waals surface area contributed by atoms with Gasteiger partial charge in [0.05, 0.1) is 17.2 Å². The van der Waals surface area contributed by atoms with Gasteiger partial charge < -0.3 is 20.1 Å². The van der Waals surface area contributed by atoms with E-state index in [4.69, 9.17) is 10.00 Å². The largest absolute Gasteiger partial charge is 0.478 e. The van der Waals surface area contributed by atoms with Crippen molar-refractivity contribution in [3.05, 3.63) is 59.2 Å². The Kier molecular flexibility index (Phi) is 7.72. The third-order valence-corrected chi connectivity index (χ3v) is 5.59. The first kappa shape index (κ1) is 24.3. The molecule has 2 aromatic rings. The summed E-state index contributed by atoms with van der Waals surface area (Å²) >= 11 is 0. The third-order valence-electron chi connectivity index (χ3n) is 5.59. The average molecular weight is 450 g/mol. The second kappa shape index (κ2) is 10.5. The fraction of sp³-hybridized carbons (Fsp3) is 0.423. The Morgan fingerprint density at radius 2 is 1.88 bits per heavy atom. The second-order valence-corrected chi connectivity index (χ2v) is 9.46. The molecule has 1 amide bonds. The van der Waals surface area contributed by atoms with Crippen LogP contribution in [-0.2, 0) is 11.3 Å². The molecule has 7 heteroatoms. The molecule has 0 atom stereocenters. The van der Waals surface area contributed by atoms with Crippen LogP contribution in [0.1, 0.15) is 55.1 Å². The SMILES string of the molecule is CC(C)(C)OC(=O)N1CCC(CNCc2cc(C(=O)O)cc(-c3cccc(C#N)c3)c2)CC1. The molecular weight excluding hydrogens is 418 g/mol. The van der Waals surface area contributed by atoms with Gasteiger partial charge in [0.1, 0.15) is 5.60 Å². The molecule has 33 heavy (non-hydrogen) atoms. The fourth-order valence-corrected chi connectivity index (χ4v) is 3.92. The number of ether oxygens (including phenoxy) is 1. The maximum Gasteiger partial charge on any atom is 0.410 e. The van der Waals surface area contributed by atoms with Crippen molar-refractivity contribution >= 4 is 12.1 Å². The summed E-state index contributed by atoms with van der Waals surface area (Å²) in [5.74, 6) is -0.540. The first-order chi connectivity index (χ1) is 15.6. The summed E-state index contributed by atoms with van der Waals surface area (Å²) in [5.41, 5.74) is 2.72. The quantitative estimate of drug-likeness (QED) is 0.665. The van der Waals surface area contributed by atoms with Crippen LogP contribution in [0.5, 0.6) is 0 Å². The molecular formula is C26H31N3O4. The van der Waals surface area contributed by atoms with E-state index in [1.54, 1.807) is 35.2 Å². The fourth-order valence-electron chi connectivity index (χ4n) is 3.92. The van der Waals surface area contributed by atoms with Crippen molar-refractivity contribution in [2.75, 3.05) is 19.6 Å². The van der Waals surface area contributed by atoms with Crippen LogP contribution in [-0.4, -0.2) is 47.3 Å². The molecule has 7 nitrogen and oxygen atoms in total. The lowest BCUT2D eigenvalue weighted by molar-refractivity contribution is 0.0184. The van der Waals surface area contributed by atoms with Gasteiger partial charge in [-0.2, -0.15) is 5.26 Å². The summed E-state index contributed by atoms with van der Waals surface area (Å²) in [5, 5.41) is 22.1. The number of carboxylic acids is 1. The van der Waals surface area contributed by atoms with E-state index < -0.39 is 11.6 Å². The molecule has 1 saturated heterocycles. The standard InChI is InChI=1S/C26H31N3O4/c1-26(2,3)33-25(32)29-9-7-18(8-10-29)16-28-17-20-12-22(14-23(13-20)24(30)31)21-6-4-5-19(11-21)15-27/h4-6,11-14,18,28H,7-10,16-17H2,1-3H3,(H,30,31). The predicted octanol–water partition coefficient (Wildman–Crippen LogP) is 4.66. The van der Waals surface area contributed by atoms with E-state index in [9.17, 15) is 14.7 Å². The van der Waals surface area contributed by atoms with Crippen LogP contribution in [0, 0.1) is 17.2 Å². The number of piperidine rings is 1. The van der Waals surface area contributed by atoms with Crippen LogP contribution in [0.15, 0.2) is 42.5 Å². The monoisotopic (exact) mass is 449 g/mol. The lowest BCUT2D eigenvalue weighted by Crippen LogP contribution is -2.43. The number of benzene rings is 2. The van der Waals surface area contributed by atoms with Crippen LogP contribution in [0.3, 0.4) is 0 Å². The van der Waals surface area contributed by atoms with Crippen LogP contribution in [0.25, 0.3) is 11.1 Å². The lowest BCUT2D eigenvalue weighted by atomic mass is 9.96. The molecule has 0 radical (unpaired) electrons. The van der Waals surface area contributed by atoms with Gasteiger partial charge in [-0.3, -0.25) is 0 Å². The highest BCUT2D eigenvalue weighted by molar-refractivity contribution is 5.90. The van der Waals surface area contributed by atoms with Gasteiger partial charge in [-0.1, -0.05) is 12.1 Å². The molecule has 174 valence electrons. The van der Waals surface area contributed by atoms with Gasteiger partial charge in [0, 0.05) is 19.6 Å². The summed E-state index contributed by atoms with van der Waals surface area (Å²) < 4.78 is 5.45. The highest BCUT2D eigenvalue weighted by Crippen LogP contribution is 2.24. The number of nitriles is 1. The molecule has 1 fully saturated rings. The van der Waals surface area contributed by atoms with Gasteiger partial charge in [0.15, 0.2) is 0 Å². The summed E-state index contributed by atoms with van der Waals surface area (Å²) in [4.78, 5) is 25.6. The molecule has 0 bridgehead atoms. The van der Waals surface area contributed by atoms with E-state index in [1.165, 1.54) is 0 Å². The highest BCUT2D eigenvalue weighted by atomic mass is 16.6. The molecule has 2 aromatic carbocycles. The number of carbonyl (C=O) groups is 2. The van der Waals surface area contributed by atoms with Crippen molar-refractivity contribution in [1.82, 2.24) is 10.2 Å². The first-order valence-electron chi connectivity index (χ1n) is 11.2. The van der Waals surface area contributed by atoms with Gasteiger partial charge in [0.25, 0.3) is 0 Å². The number of carboxylic acid groups (broad SMARTS) is 1. The molecule has 1 heterocycles. The normalized spacial score (nSPS) is 14.5. The van der Waals surface area contributed by atoms with Crippen molar-refractivity contribution < 1.29 is 19.4 Å². The summed E-state index contributed by atoms with van der Waals surface area (Å²) in [7, 11) is 0. The van der Waals surface area contributed by atoms with E-state index >= 15 is 0 Å². The molecule has 0 aromatic heterocycles. The number of carbonyl (C=O) groups excluding carboxylic acids is 1. The minimum Gasteiger partial charge on any atom is -0.478 e. The predicted molar refractivity (Wildman–Crippen MR) is 126 cm³/mol. The van der Waals surface area contributed by atoms with Crippen molar-refractivity contribution in [2.45, 2.75) is 45.8 Å². The van der Waals surface area contributed by atoms with Crippen LogP contribution in [0.4, 0.5) is 4.79 Å². The zero-order valence-electron chi connectivity index (χ0n) is 19.4. The molecule has 0 unspecified atom stereocenters. The Labute approximate surface area is 195 Å². The Morgan fingerprint density at radius 3 is 2.52 bits per heavy atom. The molecule has 2 N–H and O–H groups in total. The third kappa shape index (κ3) is 7.06. The van der Waals surface area contributed by atoms with E-state index in [0.717, 1.165) is 36.1 Å². The molecule has 0 saturated carbocycles. The zero-order valence-corrected chi connectivity index (χ0v) is 19.4. The van der Waals surface area contributed by atoms with Crippen molar-refractivity contribution in [3.63, 3.8) is 0 Å². The van der Waals surface area contributed by atoms with Gasteiger partial charge in [-0.25, -0.2) is 9.59 Å². The number of likely N-dealkylation sites (tertiary alicyclic amines) is 1. The summed E-state index contributed by atoms with van der Waals surface area (Å²) in [6.07, 6.45) is 1.54. The van der Waals surface area contributed by atoms with Crippen molar-refractivity contribution in [1.29, 1.82) is 5.26 Å². The van der Waals surface area contributed by atoms with E-state index in [2.05, 4.69) is 11.4 Å². The molecule has 0 aliphatic carbocycles. The van der Waals surface area contributed by atoms with E-state index in [-0.39, 0.29) is 11.7 Å². The Hall–Kier alpha value is -3.37. The minimum atomic E-state index is -0.982. The lowest BCUT2D eigenvalue weighted by Gasteiger charge is -2.33. The number of hydrogen-bond acceptors (Lipinski definition) is 5. The number of aromatic carboxylic acids is 1. The summed E-state index contributed by atoms with van der Waals surface area (Å²) in [6.45, 7) is 8.28. The van der Waals surface area contributed by atoms with Gasteiger partial charge in [-0.15, -0.1) is 0 Å². The molecule has 1 aliphatic rings. The number of amides is 1. The van der Waals surface area contributed by atoms with E-state index in [0.29, 0.717) is 31.1 Å².